The van der Waals surface area contributed by atoms with Gasteiger partial charge in [0, 0.05) is 17.5 Å². The van der Waals surface area contributed by atoms with Crippen molar-refractivity contribution >= 4 is 41.8 Å². The number of rotatable bonds is 5. The molecule has 132 valence electrons. The lowest BCUT2D eigenvalue weighted by atomic mass is 10.0. The molecule has 1 aliphatic heterocycles. The smallest absolute Gasteiger partial charge is 0.150 e. The van der Waals surface area contributed by atoms with Crippen molar-refractivity contribution in [3.05, 3.63) is 57.7 Å². The Morgan fingerprint density at radius 3 is 2.75 bits per heavy atom. The van der Waals surface area contributed by atoms with Crippen LogP contribution < -0.4 is 21.1 Å². The van der Waals surface area contributed by atoms with Crippen molar-refractivity contribution in [1.29, 1.82) is 0 Å². The molecule has 2 aromatic rings. The summed E-state index contributed by atoms with van der Waals surface area (Å²) in [5.74, 6) is 2.11. The quantitative estimate of drug-likeness (QED) is 0.690. The maximum Gasteiger partial charge on any atom is 0.150 e. The van der Waals surface area contributed by atoms with Gasteiger partial charge in [0.25, 0.3) is 0 Å². The van der Waals surface area contributed by atoms with Crippen LogP contribution >= 0.6 is 36.2 Å². The monoisotopic (exact) mass is 387 g/mol. The first-order chi connectivity index (χ1) is 10.7. The van der Waals surface area contributed by atoms with Crippen molar-refractivity contribution in [1.82, 2.24) is 5.32 Å². The summed E-state index contributed by atoms with van der Waals surface area (Å²) >= 11 is 1.78. The minimum atomic E-state index is 0. The van der Waals surface area contributed by atoms with Gasteiger partial charge in [-0.3, -0.25) is 0 Å². The molecule has 0 radical (unpaired) electrons. The minimum Gasteiger partial charge on any atom is -0.456 e. The zero-order chi connectivity index (χ0) is 15.5. The molecule has 3 rings (SSSR count). The first kappa shape index (κ1) is 20.6. The molecule has 1 unspecified atom stereocenters. The molecular formula is C17H23Cl2N3OS. The second-order valence-corrected chi connectivity index (χ2v) is 6.41. The summed E-state index contributed by atoms with van der Waals surface area (Å²) in [5.41, 5.74) is 8.07. The van der Waals surface area contributed by atoms with E-state index in [0.717, 1.165) is 24.4 Å². The van der Waals surface area contributed by atoms with E-state index in [9.17, 15) is 0 Å². The predicted molar refractivity (Wildman–Crippen MR) is 106 cm³/mol. The van der Waals surface area contributed by atoms with Gasteiger partial charge in [-0.25, -0.2) is 0 Å². The summed E-state index contributed by atoms with van der Waals surface area (Å²) in [5, 5.41) is 8.93. The molecule has 7 heteroatoms. The highest BCUT2D eigenvalue weighted by molar-refractivity contribution is 7.09. The highest BCUT2D eigenvalue weighted by Crippen LogP contribution is 2.34. The number of benzene rings is 1. The molecule has 4 nitrogen and oxygen atoms in total. The number of fused-ring (bicyclic) bond motifs is 1. The Balaban J connectivity index is 0.00000144. The van der Waals surface area contributed by atoms with Crippen molar-refractivity contribution in [2.24, 2.45) is 5.73 Å². The van der Waals surface area contributed by atoms with E-state index < -0.39 is 0 Å². The van der Waals surface area contributed by atoms with Crippen LogP contribution in [-0.4, -0.2) is 0 Å². The van der Waals surface area contributed by atoms with Crippen molar-refractivity contribution in [3.63, 3.8) is 0 Å². The van der Waals surface area contributed by atoms with Gasteiger partial charge in [-0.2, -0.15) is 0 Å². The summed E-state index contributed by atoms with van der Waals surface area (Å²) < 4.78 is 5.70. The van der Waals surface area contributed by atoms with Gasteiger partial charge in [-0.05, 0) is 42.5 Å². The van der Waals surface area contributed by atoms with Crippen LogP contribution in [0.2, 0.25) is 0 Å². The Hall–Kier alpha value is -1.40. The number of halogens is 2. The molecule has 0 amide bonds. The van der Waals surface area contributed by atoms with Gasteiger partial charge in [0.1, 0.15) is 11.6 Å². The van der Waals surface area contributed by atoms with E-state index in [1.54, 1.807) is 11.3 Å². The number of allylic oxidation sites excluding steroid dienone is 1. The SMILES string of the molecule is CCC(NCc1cccs1)c1ccc2c(c1)NC(N)=C(C)O2.Cl.Cl. The zero-order valence-corrected chi connectivity index (χ0v) is 16.1. The lowest BCUT2D eigenvalue weighted by Crippen LogP contribution is -2.22. The van der Waals surface area contributed by atoms with Crippen LogP contribution in [0.5, 0.6) is 5.75 Å². The summed E-state index contributed by atoms with van der Waals surface area (Å²) in [4.78, 5) is 1.35. The average molecular weight is 388 g/mol. The minimum absolute atomic E-state index is 0. The third-order valence-corrected chi connectivity index (χ3v) is 4.71. The van der Waals surface area contributed by atoms with Gasteiger partial charge in [-0.1, -0.05) is 19.1 Å². The molecule has 24 heavy (non-hydrogen) atoms. The summed E-state index contributed by atoms with van der Waals surface area (Å²) in [6.45, 7) is 4.93. The highest BCUT2D eigenvalue weighted by Gasteiger charge is 2.17. The standard InChI is InChI=1S/C17H21N3OS.2ClH/c1-3-14(19-10-13-5-4-8-22-13)12-6-7-16-15(9-12)20-17(18)11(2)21-16;;/h4-9,14,19-20H,3,10,18H2,1-2H3;2*1H. The lowest BCUT2D eigenvalue weighted by Gasteiger charge is -2.23. The van der Waals surface area contributed by atoms with Crippen molar-refractivity contribution in [2.75, 3.05) is 5.32 Å². The lowest BCUT2D eigenvalue weighted by molar-refractivity contribution is 0.415. The third-order valence-electron chi connectivity index (χ3n) is 3.83. The molecule has 4 N–H and O–H groups in total. The van der Waals surface area contributed by atoms with E-state index >= 15 is 0 Å². The fourth-order valence-electron chi connectivity index (χ4n) is 2.54. The molecule has 0 bridgehead atoms. The maximum absolute atomic E-state index is 5.90. The molecule has 1 aromatic heterocycles. The molecular weight excluding hydrogens is 365 g/mol. The van der Waals surface area contributed by atoms with E-state index in [0.29, 0.717) is 17.6 Å². The Bertz CT molecular complexity index is 689. The van der Waals surface area contributed by atoms with Crippen LogP contribution in [0.4, 0.5) is 5.69 Å². The summed E-state index contributed by atoms with van der Waals surface area (Å²) in [7, 11) is 0. The van der Waals surface area contributed by atoms with Crippen LogP contribution in [0, 0.1) is 0 Å². The second kappa shape index (κ2) is 9.18. The number of hydrogen-bond donors (Lipinski definition) is 3. The number of anilines is 1. The normalized spacial score (nSPS) is 13.8. The van der Waals surface area contributed by atoms with Gasteiger partial charge < -0.3 is 21.1 Å². The molecule has 2 heterocycles. The molecule has 0 saturated heterocycles. The highest BCUT2D eigenvalue weighted by atomic mass is 35.5. The Morgan fingerprint density at radius 2 is 2.08 bits per heavy atom. The Labute approximate surface area is 159 Å². The van der Waals surface area contributed by atoms with E-state index in [-0.39, 0.29) is 24.8 Å². The van der Waals surface area contributed by atoms with E-state index in [4.69, 9.17) is 10.5 Å². The predicted octanol–water partition coefficient (Wildman–Crippen LogP) is 4.78. The third kappa shape index (κ3) is 4.57. The molecule has 0 saturated carbocycles. The number of ether oxygens (including phenoxy) is 1. The molecule has 1 aliphatic rings. The molecule has 1 aromatic carbocycles. The number of thiophene rings is 1. The van der Waals surface area contributed by atoms with Crippen LogP contribution in [0.1, 0.15) is 36.8 Å². The molecule has 1 atom stereocenters. The second-order valence-electron chi connectivity index (χ2n) is 5.37. The fraction of sp³-hybridized carbons (Fsp3) is 0.294. The number of nitrogens with two attached hydrogens (primary N) is 1. The van der Waals surface area contributed by atoms with Gasteiger partial charge in [0.2, 0.25) is 0 Å². The largest absolute Gasteiger partial charge is 0.456 e. The van der Waals surface area contributed by atoms with Crippen LogP contribution in [-0.2, 0) is 6.54 Å². The summed E-state index contributed by atoms with van der Waals surface area (Å²) in [6, 6.07) is 10.8. The first-order valence-electron chi connectivity index (χ1n) is 7.48. The molecule has 0 spiro atoms. The zero-order valence-electron chi connectivity index (χ0n) is 13.7. The van der Waals surface area contributed by atoms with Crippen LogP contribution in [0.15, 0.2) is 47.3 Å². The molecule has 0 aliphatic carbocycles. The number of hydrogen-bond acceptors (Lipinski definition) is 5. The molecule has 0 fully saturated rings. The number of nitrogens with one attached hydrogen (secondary N) is 2. The van der Waals surface area contributed by atoms with Crippen molar-refractivity contribution in [3.8, 4) is 5.75 Å². The van der Waals surface area contributed by atoms with Crippen molar-refractivity contribution in [2.45, 2.75) is 32.9 Å². The van der Waals surface area contributed by atoms with Crippen LogP contribution in [0.3, 0.4) is 0 Å². The first-order valence-corrected chi connectivity index (χ1v) is 8.36. The topological polar surface area (TPSA) is 59.3 Å². The van der Waals surface area contributed by atoms with Crippen LogP contribution in [0.25, 0.3) is 0 Å². The Kier molecular flexibility index (Phi) is 7.90. The van der Waals surface area contributed by atoms with Gasteiger partial charge in [0.15, 0.2) is 5.75 Å². The van der Waals surface area contributed by atoms with Gasteiger partial charge in [0.05, 0.1) is 5.69 Å². The fourth-order valence-corrected chi connectivity index (χ4v) is 3.19. The van der Waals surface area contributed by atoms with Crippen molar-refractivity contribution < 1.29 is 4.74 Å². The van der Waals surface area contributed by atoms with E-state index in [1.165, 1.54) is 10.4 Å². The van der Waals surface area contributed by atoms with Gasteiger partial charge >= 0.3 is 0 Å². The van der Waals surface area contributed by atoms with E-state index in [2.05, 4.69) is 47.2 Å². The summed E-state index contributed by atoms with van der Waals surface area (Å²) in [6.07, 6.45) is 1.02. The van der Waals surface area contributed by atoms with E-state index in [1.807, 2.05) is 13.0 Å². The average Bonchev–Trinajstić information content (AvgIpc) is 3.02. The Morgan fingerprint density at radius 1 is 1.29 bits per heavy atom. The van der Waals surface area contributed by atoms with Gasteiger partial charge in [-0.15, -0.1) is 36.2 Å². The maximum atomic E-state index is 5.90.